The Morgan fingerprint density at radius 2 is 2.00 bits per heavy atom. The number of alkyl halides is 3. The van der Waals surface area contributed by atoms with Crippen LogP contribution in [0.3, 0.4) is 0 Å². The van der Waals surface area contributed by atoms with Gasteiger partial charge in [-0.05, 0) is 37.6 Å². The molecule has 6 heteroatoms. The van der Waals surface area contributed by atoms with Crippen LogP contribution in [-0.2, 0) is 11.0 Å². The molecule has 0 saturated heterocycles. The van der Waals surface area contributed by atoms with E-state index in [0.717, 1.165) is 12.1 Å². The van der Waals surface area contributed by atoms with Crippen molar-refractivity contribution in [2.45, 2.75) is 25.9 Å². The average Bonchev–Trinajstić information content (AvgIpc) is 2.70. The van der Waals surface area contributed by atoms with Gasteiger partial charge in [-0.25, -0.2) is 0 Å². The van der Waals surface area contributed by atoms with Crippen molar-refractivity contribution in [3.8, 4) is 0 Å². The summed E-state index contributed by atoms with van der Waals surface area (Å²) in [6, 6.07) is 3.41. The summed E-state index contributed by atoms with van der Waals surface area (Å²) in [4.78, 5) is 11.2. The van der Waals surface area contributed by atoms with Gasteiger partial charge in [0.05, 0.1) is 11.0 Å². The quantitative estimate of drug-likeness (QED) is 0.869. The summed E-state index contributed by atoms with van der Waals surface area (Å²) in [6.45, 7) is 3.38. The van der Waals surface area contributed by atoms with Crippen molar-refractivity contribution in [3.05, 3.63) is 29.3 Å². The summed E-state index contributed by atoms with van der Waals surface area (Å²) in [5.74, 6) is -1.51. The summed E-state index contributed by atoms with van der Waals surface area (Å²) in [5, 5.41) is 12.2. The number of halogens is 3. The third kappa shape index (κ3) is 2.27. The summed E-state index contributed by atoms with van der Waals surface area (Å²) in [7, 11) is 0. The molecule has 0 fully saturated rings. The number of carboxylic acids is 1. The highest BCUT2D eigenvalue weighted by molar-refractivity contribution is 5.77. The predicted octanol–water partition coefficient (Wildman–Crippen LogP) is 3.33. The monoisotopic (exact) mass is 273 g/mol. The number of fused-ring (bicyclic) bond motifs is 1. The van der Waals surface area contributed by atoms with Crippen molar-refractivity contribution in [3.63, 3.8) is 0 Å². The third-order valence-electron chi connectivity index (χ3n) is 3.67. The van der Waals surface area contributed by atoms with E-state index in [1.807, 2.05) is 0 Å². The van der Waals surface area contributed by atoms with Crippen molar-refractivity contribution in [2.75, 3.05) is 11.9 Å². The van der Waals surface area contributed by atoms with Gasteiger partial charge >= 0.3 is 12.1 Å². The van der Waals surface area contributed by atoms with Crippen molar-refractivity contribution in [1.29, 1.82) is 0 Å². The number of aliphatic carboxylic acids is 1. The van der Waals surface area contributed by atoms with E-state index in [-0.39, 0.29) is 0 Å². The fourth-order valence-electron chi connectivity index (χ4n) is 2.30. The lowest BCUT2D eigenvalue weighted by Crippen LogP contribution is -2.32. The van der Waals surface area contributed by atoms with E-state index in [9.17, 15) is 23.1 Å². The zero-order valence-electron chi connectivity index (χ0n) is 10.5. The SMILES string of the molecule is CC(C)(C(=O)O)C1CNc2ccc(C(F)(F)F)cc21. The number of hydrogen-bond donors (Lipinski definition) is 2. The van der Waals surface area contributed by atoms with E-state index >= 15 is 0 Å². The van der Waals surface area contributed by atoms with Gasteiger partial charge in [-0.3, -0.25) is 4.79 Å². The molecule has 0 aromatic heterocycles. The van der Waals surface area contributed by atoms with Crippen LogP contribution >= 0.6 is 0 Å². The second-order valence-corrected chi connectivity index (χ2v) is 5.26. The van der Waals surface area contributed by atoms with Crippen LogP contribution in [0.15, 0.2) is 18.2 Å². The van der Waals surface area contributed by atoms with Gasteiger partial charge in [0.25, 0.3) is 0 Å². The number of rotatable bonds is 2. The molecule has 0 aliphatic carbocycles. The first-order valence-electron chi connectivity index (χ1n) is 5.82. The van der Waals surface area contributed by atoms with E-state index < -0.39 is 29.0 Å². The van der Waals surface area contributed by atoms with Gasteiger partial charge in [-0.1, -0.05) is 0 Å². The molecular weight excluding hydrogens is 259 g/mol. The molecule has 104 valence electrons. The zero-order valence-corrected chi connectivity index (χ0v) is 10.5. The molecule has 19 heavy (non-hydrogen) atoms. The van der Waals surface area contributed by atoms with Gasteiger partial charge in [0.1, 0.15) is 0 Å². The van der Waals surface area contributed by atoms with Gasteiger partial charge in [-0.15, -0.1) is 0 Å². The average molecular weight is 273 g/mol. The van der Waals surface area contributed by atoms with Crippen LogP contribution in [0.1, 0.15) is 30.9 Å². The number of carboxylic acid groups (broad SMARTS) is 1. The molecule has 0 saturated carbocycles. The van der Waals surface area contributed by atoms with Crippen LogP contribution in [0, 0.1) is 5.41 Å². The molecule has 1 aliphatic rings. The number of anilines is 1. The molecule has 1 atom stereocenters. The molecule has 2 N–H and O–H groups in total. The lowest BCUT2D eigenvalue weighted by molar-refractivity contribution is -0.148. The highest BCUT2D eigenvalue weighted by atomic mass is 19.4. The minimum Gasteiger partial charge on any atom is -0.481 e. The molecule has 0 radical (unpaired) electrons. The zero-order chi connectivity index (χ0) is 14.4. The number of nitrogens with one attached hydrogen (secondary N) is 1. The molecule has 1 aromatic rings. The second kappa shape index (κ2) is 4.15. The van der Waals surface area contributed by atoms with Gasteiger partial charge < -0.3 is 10.4 Å². The van der Waals surface area contributed by atoms with Gasteiger partial charge in [-0.2, -0.15) is 13.2 Å². The Morgan fingerprint density at radius 1 is 1.37 bits per heavy atom. The molecule has 3 nitrogen and oxygen atoms in total. The number of benzene rings is 1. The molecule has 1 aliphatic heterocycles. The van der Waals surface area contributed by atoms with Crippen LogP contribution in [0.4, 0.5) is 18.9 Å². The summed E-state index contributed by atoms with van der Waals surface area (Å²) in [6.07, 6.45) is -4.42. The highest BCUT2D eigenvalue weighted by Gasteiger charge is 2.42. The third-order valence-corrected chi connectivity index (χ3v) is 3.67. The molecule has 0 spiro atoms. The normalized spacial score (nSPS) is 18.9. The predicted molar refractivity (Wildman–Crippen MR) is 64.1 cm³/mol. The first kappa shape index (κ1) is 13.7. The van der Waals surface area contributed by atoms with E-state index in [0.29, 0.717) is 17.8 Å². The first-order chi connectivity index (χ1) is 8.64. The first-order valence-corrected chi connectivity index (χ1v) is 5.82. The van der Waals surface area contributed by atoms with Gasteiger partial charge in [0.2, 0.25) is 0 Å². The molecular formula is C13H14F3NO2. The van der Waals surface area contributed by atoms with Crippen LogP contribution in [0.25, 0.3) is 0 Å². The Hall–Kier alpha value is -1.72. The number of hydrogen-bond acceptors (Lipinski definition) is 2. The summed E-state index contributed by atoms with van der Waals surface area (Å²) in [5.41, 5.74) is -0.877. The van der Waals surface area contributed by atoms with Crippen molar-refractivity contribution in [1.82, 2.24) is 0 Å². The molecule has 2 rings (SSSR count). The summed E-state index contributed by atoms with van der Waals surface area (Å²) >= 11 is 0. The Balaban J connectivity index is 2.47. The highest BCUT2D eigenvalue weighted by Crippen LogP contribution is 2.45. The van der Waals surface area contributed by atoms with Crippen LogP contribution in [0.2, 0.25) is 0 Å². The Bertz CT molecular complexity index is 523. The van der Waals surface area contributed by atoms with Crippen LogP contribution in [-0.4, -0.2) is 17.6 Å². The van der Waals surface area contributed by atoms with Gasteiger partial charge in [0, 0.05) is 18.2 Å². The van der Waals surface area contributed by atoms with Crippen molar-refractivity contribution < 1.29 is 23.1 Å². The second-order valence-electron chi connectivity index (χ2n) is 5.26. The fraction of sp³-hybridized carbons (Fsp3) is 0.462. The maximum absolute atomic E-state index is 12.7. The maximum Gasteiger partial charge on any atom is 0.416 e. The lowest BCUT2D eigenvalue weighted by atomic mass is 9.76. The minimum absolute atomic E-state index is 0.329. The topological polar surface area (TPSA) is 49.3 Å². The Morgan fingerprint density at radius 3 is 2.53 bits per heavy atom. The molecule has 1 unspecified atom stereocenters. The lowest BCUT2D eigenvalue weighted by Gasteiger charge is -2.27. The smallest absolute Gasteiger partial charge is 0.416 e. The Kier molecular flexibility index (Phi) is 2.99. The molecule has 0 bridgehead atoms. The Labute approximate surface area is 108 Å². The minimum atomic E-state index is -4.42. The maximum atomic E-state index is 12.7. The van der Waals surface area contributed by atoms with Crippen molar-refractivity contribution >= 4 is 11.7 Å². The van der Waals surface area contributed by atoms with Crippen LogP contribution in [0.5, 0.6) is 0 Å². The van der Waals surface area contributed by atoms with E-state index in [4.69, 9.17) is 0 Å². The summed E-state index contributed by atoms with van der Waals surface area (Å²) < 4.78 is 38.1. The largest absolute Gasteiger partial charge is 0.481 e. The van der Waals surface area contributed by atoms with E-state index in [1.165, 1.54) is 19.9 Å². The molecule has 1 aromatic carbocycles. The van der Waals surface area contributed by atoms with E-state index in [2.05, 4.69) is 5.32 Å². The molecule has 1 heterocycles. The number of carbonyl (C=O) groups is 1. The van der Waals surface area contributed by atoms with Gasteiger partial charge in [0.15, 0.2) is 0 Å². The van der Waals surface area contributed by atoms with Crippen molar-refractivity contribution in [2.24, 2.45) is 5.41 Å². The molecule has 0 amide bonds. The standard InChI is InChI=1S/C13H14F3NO2/c1-12(2,11(18)19)9-6-17-10-4-3-7(5-8(9)10)13(14,15)16/h3-5,9,17H,6H2,1-2H3,(H,18,19). The fourth-order valence-corrected chi connectivity index (χ4v) is 2.30. The van der Waals surface area contributed by atoms with E-state index in [1.54, 1.807) is 0 Å². The van der Waals surface area contributed by atoms with Crippen LogP contribution < -0.4 is 5.32 Å².